The largest absolute Gasteiger partial charge is 0.448 e. The number of halogens is 2. The van der Waals surface area contributed by atoms with Gasteiger partial charge in [0, 0.05) is 18.5 Å². The van der Waals surface area contributed by atoms with E-state index in [4.69, 9.17) is 16.3 Å². The first-order valence-electron chi connectivity index (χ1n) is 7.79. The van der Waals surface area contributed by atoms with Gasteiger partial charge < -0.3 is 4.74 Å². The summed E-state index contributed by atoms with van der Waals surface area (Å²) in [5.74, 6) is -1.05. The highest BCUT2D eigenvalue weighted by atomic mass is 35.5. The van der Waals surface area contributed by atoms with Gasteiger partial charge in [-0.05, 0) is 48.2 Å². The topological polar surface area (TPSA) is 80.3 Å². The van der Waals surface area contributed by atoms with E-state index >= 15 is 0 Å². The second-order valence-electron chi connectivity index (χ2n) is 5.21. The average molecular weight is 378 g/mol. The number of aryl methyl sites for hydroxylation is 1. The minimum atomic E-state index is -0.766. The molecule has 6 nitrogen and oxygen atoms in total. The third-order valence-corrected chi connectivity index (χ3v) is 3.56. The van der Waals surface area contributed by atoms with Crippen LogP contribution in [0.15, 0.2) is 48.8 Å². The Labute approximate surface area is 155 Å². The Kier molecular flexibility index (Phi) is 7.57. The maximum atomic E-state index is 12.9. The molecule has 136 valence electrons. The van der Waals surface area contributed by atoms with E-state index in [1.165, 1.54) is 18.2 Å². The Hall–Kier alpha value is -2.93. The Morgan fingerprint density at radius 3 is 2.85 bits per heavy atom. The SMILES string of the molecule is O=C(/C=C/c1ccc(F)cc1Cl)NNC(=O)OCCCc1cccnc1. The number of hydrazine groups is 1. The van der Waals surface area contributed by atoms with E-state index < -0.39 is 17.8 Å². The average Bonchev–Trinajstić information content (AvgIpc) is 2.63. The van der Waals surface area contributed by atoms with Crippen molar-refractivity contribution in [1.82, 2.24) is 15.8 Å². The smallest absolute Gasteiger partial charge is 0.426 e. The summed E-state index contributed by atoms with van der Waals surface area (Å²) in [7, 11) is 0. The zero-order chi connectivity index (χ0) is 18.8. The fourth-order valence-electron chi connectivity index (χ4n) is 1.98. The Morgan fingerprint density at radius 2 is 2.12 bits per heavy atom. The van der Waals surface area contributed by atoms with Gasteiger partial charge in [-0.25, -0.2) is 14.6 Å². The Balaban J connectivity index is 1.65. The number of benzene rings is 1. The first kappa shape index (κ1) is 19.4. The molecule has 0 saturated heterocycles. The summed E-state index contributed by atoms with van der Waals surface area (Å²) in [4.78, 5) is 27.1. The number of nitrogens with one attached hydrogen (secondary N) is 2. The molecule has 26 heavy (non-hydrogen) atoms. The number of aromatic nitrogens is 1. The van der Waals surface area contributed by atoms with E-state index in [1.54, 1.807) is 12.4 Å². The van der Waals surface area contributed by atoms with Crippen LogP contribution in [0, 0.1) is 5.82 Å². The quantitative estimate of drug-likeness (QED) is 0.460. The van der Waals surface area contributed by atoms with Gasteiger partial charge in [-0.2, -0.15) is 0 Å². The van der Waals surface area contributed by atoms with Crippen LogP contribution in [0.1, 0.15) is 17.5 Å². The van der Waals surface area contributed by atoms with Crippen molar-refractivity contribution >= 4 is 29.7 Å². The summed E-state index contributed by atoms with van der Waals surface area (Å²) < 4.78 is 17.9. The summed E-state index contributed by atoms with van der Waals surface area (Å²) in [5, 5.41) is 0.176. The van der Waals surface area contributed by atoms with E-state index in [-0.39, 0.29) is 11.6 Å². The lowest BCUT2D eigenvalue weighted by molar-refractivity contribution is -0.117. The Morgan fingerprint density at radius 1 is 1.27 bits per heavy atom. The molecule has 0 aliphatic heterocycles. The monoisotopic (exact) mass is 377 g/mol. The maximum Gasteiger partial charge on any atom is 0.426 e. The first-order valence-corrected chi connectivity index (χ1v) is 8.17. The third kappa shape index (κ3) is 6.90. The normalized spacial score (nSPS) is 10.5. The summed E-state index contributed by atoms with van der Waals surface area (Å²) in [6.45, 7) is 0.206. The van der Waals surface area contributed by atoms with Crippen LogP contribution in [0.3, 0.4) is 0 Å². The van der Waals surface area contributed by atoms with Gasteiger partial charge in [0.05, 0.1) is 11.6 Å². The van der Waals surface area contributed by atoms with Gasteiger partial charge in [0.15, 0.2) is 0 Å². The molecule has 1 aromatic carbocycles. The first-order chi connectivity index (χ1) is 12.5. The molecule has 0 bridgehead atoms. The molecule has 0 unspecified atom stereocenters. The lowest BCUT2D eigenvalue weighted by Gasteiger charge is -2.07. The minimum absolute atomic E-state index is 0.176. The molecule has 0 fully saturated rings. The summed E-state index contributed by atoms with van der Waals surface area (Å²) in [5.41, 5.74) is 5.81. The fourth-order valence-corrected chi connectivity index (χ4v) is 2.21. The van der Waals surface area contributed by atoms with Gasteiger partial charge in [0.2, 0.25) is 0 Å². The van der Waals surface area contributed by atoms with Gasteiger partial charge in [-0.3, -0.25) is 15.2 Å². The van der Waals surface area contributed by atoms with Crippen molar-refractivity contribution in [3.05, 3.63) is 70.8 Å². The molecule has 0 spiro atoms. The van der Waals surface area contributed by atoms with E-state index in [0.29, 0.717) is 12.0 Å². The second kappa shape index (κ2) is 10.1. The highest BCUT2D eigenvalue weighted by Crippen LogP contribution is 2.18. The van der Waals surface area contributed by atoms with E-state index in [9.17, 15) is 14.0 Å². The number of ether oxygens (including phenoxy) is 1. The number of amides is 2. The van der Waals surface area contributed by atoms with E-state index in [0.717, 1.165) is 24.1 Å². The standard InChI is InChI=1S/C18H17ClFN3O3/c19-16-11-15(20)7-5-14(16)6-8-17(24)22-23-18(25)26-10-2-4-13-3-1-9-21-12-13/h1,3,5-9,11-12H,2,4,10H2,(H,22,24)(H,23,25)/b8-6+. The lowest BCUT2D eigenvalue weighted by atomic mass is 10.2. The van der Waals surface area contributed by atoms with Gasteiger partial charge >= 0.3 is 6.09 Å². The van der Waals surface area contributed by atoms with Crippen LogP contribution >= 0.6 is 11.6 Å². The molecule has 2 N–H and O–H groups in total. The second-order valence-corrected chi connectivity index (χ2v) is 5.62. The molecule has 2 aromatic rings. The molecular weight excluding hydrogens is 361 g/mol. The predicted octanol–water partition coefficient (Wildman–Crippen LogP) is 3.28. The van der Waals surface area contributed by atoms with Crippen molar-refractivity contribution in [2.24, 2.45) is 0 Å². The van der Waals surface area contributed by atoms with Crippen LogP contribution in [0.5, 0.6) is 0 Å². The predicted molar refractivity (Wildman–Crippen MR) is 95.6 cm³/mol. The van der Waals surface area contributed by atoms with E-state index in [2.05, 4.69) is 15.8 Å². The van der Waals surface area contributed by atoms with Gasteiger partial charge in [-0.1, -0.05) is 23.7 Å². The summed E-state index contributed by atoms with van der Waals surface area (Å²) in [6, 6.07) is 7.58. The molecule has 0 atom stereocenters. The molecule has 8 heteroatoms. The highest BCUT2D eigenvalue weighted by Gasteiger charge is 2.04. The molecule has 1 aromatic heterocycles. The number of hydrogen-bond acceptors (Lipinski definition) is 4. The van der Waals surface area contributed by atoms with E-state index in [1.807, 2.05) is 12.1 Å². The van der Waals surface area contributed by atoms with Crippen LogP contribution in [-0.2, 0) is 16.0 Å². The number of nitrogens with zero attached hydrogens (tertiary/aromatic N) is 1. The van der Waals surface area contributed by atoms with Crippen LogP contribution < -0.4 is 10.9 Å². The number of pyridine rings is 1. The van der Waals surface area contributed by atoms with Crippen molar-refractivity contribution in [2.75, 3.05) is 6.61 Å². The van der Waals surface area contributed by atoms with Crippen molar-refractivity contribution in [1.29, 1.82) is 0 Å². The zero-order valence-electron chi connectivity index (χ0n) is 13.7. The van der Waals surface area contributed by atoms with Gasteiger partial charge in [-0.15, -0.1) is 0 Å². The minimum Gasteiger partial charge on any atom is -0.448 e. The fraction of sp³-hybridized carbons (Fsp3) is 0.167. The Bertz CT molecular complexity index is 785. The highest BCUT2D eigenvalue weighted by molar-refractivity contribution is 6.32. The number of carbonyl (C=O) groups excluding carboxylic acids is 2. The van der Waals surface area contributed by atoms with Crippen LogP contribution in [0.4, 0.5) is 9.18 Å². The third-order valence-electron chi connectivity index (χ3n) is 3.23. The maximum absolute atomic E-state index is 12.9. The summed E-state index contributed by atoms with van der Waals surface area (Å²) >= 11 is 5.84. The van der Waals surface area contributed by atoms with Crippen molar-refractivity contribution in [3.63, 3.8) is 0 Å². The number of hydrogen-bond donors (Lipinski definition) is 2. The lowest BCUT2D eigenvalue weighted by Crippen LogP contribution is -2.41. The van der Waals surface area contributed by atoms with Gasteiger partial charge in [0.25, 0.3) is 5.91 Å². The van der Waals surface area contributed by atoms with Crippen molar-refractivity contribution < 1.29 is 18.7 Å². The molecule has 0 aliphatic carbocycles. The van der Waals surface area contributed by atoms with Crippen molar-refractivity contribution in [2.45, 2.75) is 12.8 Å². The van der Waals surface area contributed by atoms with Crippen LogP contribution in [0.25, 0.3) is 6.08 Å². The molecule has 0 saturated carbocycles. The molecule has 0 radical (unpaired) electrons. The molecule has 2 rings (SSSR count). The molecule has 1 heterocycles. The number of rotatable bonds is 6. The molecular formula is C18H17ClFN3O3. The zero-order valence-corrected chi connectivity index (χ0v) is 14.5. The van der Waals surface area contributed by atoms with Gasteiger partial charge in [0.1, 0.15) is 5.82 Å². The van der Waals surface area contributed by atoms with Crippen molar-refractivity contribution in [3.8, 4) is 0 Å². The summed E-state index contributed by atoms with van der Waals surface area (Å²) in [6.07, 6.45) is 6.59. The molecule has 0 aliphatic rings. The van der Waals surface area contributed by atoms with Crippen LogP contribution in [0.2, 0.25) is 5.02 Å². The number of carbonyl (C=O) groups is 2. The van der Waals surface area contributed by atoms with Crippen LogP contribution in [-0.4, -0.2) is 23.6 Å². The molecule has 2 amide bonds.